The molecule has 6 nitrogen and oxygen atoms in total. The largest absolute Gasteiger partial charge is 0.483 e. The number of hydrogen-bond donors (Lipinski definition) is 1. The number of benzene rings is 2. The van der Waals surface area contributed by atoms with E-state index >= 15 is 0 Å². The van der Waals surface area contributed by atoms with Gasteiger partial charge in [-0.15, -0.1) is 0 Å². The van der Waals surface area contributed by atoms with Crippen LogP contribution in [0.15, 0.2) is 53.4 Å². The van der Waals surface area contributed by atoms with E-state index in [1.807, 2.05) is 51.1 Å². The van der Waals surface area contributed by atoms with Crippen molar-refractivity contribution in [3.05, 3.63) is 64.6 Å². The molecule has 1 fully saturated rings. The second-order valence-electron chi connectivity index (χ2n) is 7.05. The van der Waals surface area contributed by atoms with Gasteiger partial charge in [0.05, 0.1) is 4.91 Å². The van der Waals surface area contributed by atoms with Crippen LogP contribution in [0.3, 0.4) is 0 Å². The van der Waals surface area contributed by atoms with E-state index in [9.17, 15) is 14.4 Å². The lowest BCUT2D eigenvalue weighted by atomic mass is 10.1. The van der Waals surface area contributed by atoms with Crippen molar-refractivity contribution in [3.63, 3.8) is 0 Å². The minimum atomic E-state index is -0.300. The zero-order chi connectivity index (χ0) is 21.7. The van der Waals surface area contributed by atoms with Gasteiger partial charge in [-0.05, 0) is 56.3 Å². The molecule has 3 rings (SSSR count). The molecule has 0 radical (unpaired) electrons. The number of anilines is 1. The predicted octanol–water partition coefficient (Wildman–Crippen LogP) is 4.85. The summed E-state index contributed by atoms with van der Waals surface area (Å²) in [6.07, 6.45) is 2.33. The summed E-state index contributed by atoms with van der Waals surface area (Å²) in [6.45, 7) is 5.59. The van der Waals surface area contributed by atoms with Crippen molar-refractivity contribution >= 4 is 40.6 Å². The fourth-order valence-electron chi connectivity index (χ4n) is 2.89. The Kier molecular flexibility index (Phi) is 6.95. The molecular formula is C23H24N2O4S. The summed E-state index contributed by atoms with van der Waals surface area (Å²) in [6, 6.07) is 14.4. The molecule has 1 N–H and O–H groups in total. The van der Waals surface area contributed by atoms with Crippen molar-refractivity contribution in [2.24, 2.45) is 0 Å². The number of hydrogen-bond acceptors (Lipinski definition) is 5. The first kappa shape index (κ1) is 21.6. The van der Waals surface area contributed by atoms with Crippen LogP contribution in [0.2, 0.25) is 0 Å². The van der Waals surface area contributed by atoms with Crippen LogP contribution in [0.5, 0.6) is 5.75 Å². The Morgan fingerprint density at radius 2 is 1.87 bits per heavy atom. The van der Waals surface area contributed by atoms with E-state index in [4.69, 9.17) is 4.74 Å². The Morgan fingerprint density at radius 1 is 1.17 bits per heavy atom. The molecule has 2 aromatic rings. The third kappa shape index (κ3) is 5.10. The highest BCUT2D eigenvalue weighted by molar-refractivity contribution is 8.18. The highest BCUT2D eigenvalue weighted by atomic mass is 32.2. The third-order valence-electron chi connectivity index (χ3n) is 4.75. The molecule has 0 aromatic heterocycles. The zero-order valence-corrected chi connectivity index (χ0v) is 18.0. The predicted molar refractivity (Wildman–Crippen MR) is 119 cm³/mol. The van der Waals surface area contributed by atoms with Crippen LogP contribution in [0.25, 0.3) is 6.08 Å². The SMILES string of the molecule is CC[C@H](C)N1C(=O)S/C(=C/c2ccccc2OCC(=O)Nc2ccc(C)cc2)C1=O. The lowest BCUT2D eigenvalue weighted by molar-refractivity contribution is -0.124. The van der Waals surface area contributed by atoms with E-state index in [1.165, 1.54) is 4.90 Å². The summed E-state index contributed by atoms with van der Waals surface area (Å²) in [5.74, 6) is -0.121. The van der Waals surface area contributed by atoms with Gasteiger partial charge in [0.25, 0.3) is 17.1 Å². The maximum absolute atomic E-state index is 12.6. The molecule has 7 heteroatoms. The van der Waals surface area contributed by atoms with Crippen molar-refractivity contribution in [1.82, 2.24) is 4.90 Å². The van der Waals surface area contributed by atoms with Crippen molar-refractivity contribution in [1.29, 1.82) is 0 Å². The van der Waals surface area contributed by atoms with Crippen molar-refractivity contribution in [3.8, 4) is 5.75 Å². The van der Waals surface area contributed by atoms with E-state index < -0.39 is 0 Å². The number of carbonyl (C=O) groups excluding carboxylic acids is 3. The number of thioether (sulfide) groups is 1. The molecule has 0 unspecified atom stereocenters. The van der Waals surface area contributed by atoms with Crippen LogP contribution in [0.1, 0.15) is 31.4 Å². The zero-order valence-electron chi connectivity index (χ0n) is 17.2. The first-order valence-electron chi connectivity index (χ1n) is 9.74. The van der Waals surface area contributed by atoms with Gasteiger partial charge in [-0.3, -0.25) is 19.3 Å². The van der Waals surface area contributed by atoms with Gasteiger partial charge in [-0.25, -0.2) is 0 Å². The fraction of sp³-hybridized carbons (Fsp3) is 0.261. The minimum Gasteiger partial charge on any atom is -0.483 e. The van der Waals surface area contributed by atoms with Gasteiger partial charge in [0.2, 0.25) is 0 Å². The molecule has 1 atom stereocenters. The third-order valence-corrected chi connectivity index (χ3v) is 5.64. The molecule has 30 heavy (non-hydrogen) atoms. The number of carbonyl (C=O) groups is 3. The fourth-order valence-corrected chi connectivity index (χ4v) is 3.81. The number of nitrogens with zero attached hydrogens (tertiary/aromatic N) is 1. The van der Waals surface area contributed by atoms with Crippen molar-refractivity contribution < 1.29 is 19.1 Å². The molecule has 0 spiro atoms. The smallest absolute Gasteiger partial charge is 0.293 e. The lowest BCUT2D eigenvalue weighted by Crippen LogP contribution is -2.36. The highest BCUT2D eigenvalue weighted by Crippen LogP contribution is 2.35. The van der Waals surface area contributed by atoms with Crippen LogP contribution in [-0.2, 0) is 9.59 Å². The Bertz CT molecular complexity index is 985. The molecule has 2 aromatic carbocycles. The van der Waals surface area contributed by atoms with Crippen LogP contribution < -0.4 is 10.1 Å². The van der Waals surface area contributed by atoms with Crippen LogP contribution in [-0.4, -0.2) is 34.6 Å². The molecule has 1 aliphatic rings. The lowest BCUT2D eigenvalue weighted by Gasteiger charge is -2.19. The number of amides is 3. The van der Waals surface area contributed by atoms with Crippen molar-refractivity contribution in [2.45, 2.75) is 33.2 Å². The minimum absolute atomic E-state index is 0.152. The van der Waals surface area contributed by atoms with Crippen LogP contribution in [0.4, 0.5) is 10.5 Å². The van der Waals surface area contributed by atoms with Gasteiger partial charge in [-0.1, -0.05) is 42.8 Å². The number of nitrogens with one attached hydrogen (secondary N) is 1. The van der Waals surface area contributed by atoms with E-state index in [2.05, 4.69) is 5.32 Å². The number of para-hydroxylation sites is 1. The second kappa shape index (κ2) is 9.63. The second-order valence-corrected chi connectivity index (χ2v) is 8.04. The summed E-state index contributed by atoms with van der Waals surface area (Å²) in [5.41, 5.74) is 2.44. The quantitative estimate of drug-likeness (QED) is 0.643. The van der Waals surface area contributed by atoms with Gasteiger partial charge >= 0.3 is 0 Å². The molecule has 3 amide bonds. The number of rotatable bonds is 7. The number of ether oxygens (including phenoxy) is 1. The topological polar surface area (TPSA) is 75.7 Å². The van der Waals surface area contributed by atoms with Crippen molar-refractivity contribution in [2.75, 3.05) is 11.9 Å². The number of imide groups is 1. The summed E-state index contributed by atoms with van der Waals surface area (Å²) < 4.78 is 5.69. The molecule has 1 heterocycles. The molecule has 1 saturated heterocycles. The highest BCUT2D eigenvalue weighted by Gasteiger charge is 2.37. The van der Waals surface area contributed by atoms with Gasteiger partial charge < -0.3 is 10.1 Å². The first-order chi connectivity index (χ1) is 14.4. The molecule has 0 aliphatic carbocycles. The molecular weight excluding hydrogens is 400 g/mol. The summed E-state index contributed by atoms with van der Waals surface area (Å²) in [4.78, 5) is 38.7. The maximum Gasteiger partial charge on any atom is 0.293 e. The Hall–Kier alpha value is -3.06. The van der Waals surface area contributed by atoms with Crippen LogP contribution >= 0.6 is 11.8 Å². The van der Waals surface area contributed by atoms with Gasteiger partial charge in [0, 0.05) is 17.3 Å². The summed E-state index contributed by atoms with van der Waals surface area (Å²) in [7, 11) is 0. The maximum atomic E-state index is 12.6. The van der Waals surface area contributed by atoms with Gasteiger partial charge in [0.15, 0.2) is 6.61 Å². The Labute approximate surface area is 180 Å². The summed E-state index contributed by atoms with van der Waals surface area (Å²) in [5, 5.41) is 2.51. The summed E-state index contributed by atoms with van der Waals surface area (Å²) >= 11 is 0.920. The Balaban J connectivity index is 1.69. The Morgan fingerprint density at radius 3 is 2.57 bits per heavy atom. The van der Waals surface area contributed by atoms with Gasteiger partial charge in [0.1, 0.15) is 5.75 Å². The molecule has 0 bridgehead atoms. The van der Waals surface area contributed by atoms with E-state index in [-0.39, 0.29) is 29.7 Å². The monoisotopic (exact) mass is 424 g/mol. The molecule has 156 valence electrons. The molecule has 0 saturated carbocycles. The first-order valence-corrected chi connectivity index (χ1v) is 10.6. The average molecular weight is 425 g/mol. The van der Waals surface area contributed by atoms with Crippen LogP contribution in [0, 0.1) is 6.92 Å². The standard InChI is InChI=1S/C23H24N2O4S/c1-4-16(3)25-22(27)20(30-23(25)28)13-17-7-5-6-8-19(17)29-14-21(26)24-18-11-9-15(2)10-12-18/h5-13,16H,4,14H2,1-3H3,(H,24,26)/b20-13+/t16-/m0/s1. The molecule has 1 aliphatic heterocycles. The van der Waals surface area contributed by atoms with E-state index in [1.54, 1.807) is 24.3 Å². The number of aryl methyl sites for hydroxylation is 1. The average Bonchev–Trinajstić information content (AvgIpc) is 3.01. The normalized spacial score (nSPS) is 16.1. The van der Waals surface area contributed by atoms with E-state index in [0.29, 0.717) is 28.3 Å². The van der Waals surface area contributed by atoms with Gasteiger partial charge in [-0.2, -0.15) is 0 Å². The van der Waals surface area contributed by atoms with E-state index in [0.717, 1.165) is 17.3 Å².